The first-order valence-corrected chi connectivity index (χ1v) is 8.36. The van der Waals surface area contributed by atoms with Gasteiger partial charge in [0, 0.05) is 25.4 Å². The van der Waals surface area contributed by atoms with Crippen LogP contribution >= 0.6 is 0 Å². The molecule has 3 aromatic rings. The van der Waals surface area contributed by atoms with Crippen LogP contribution in [0.25, 0.3) is 10.9 Å². The van der Waals surface area contributed by atoms with E-state index in [4.69, 9.17) is 4.74 Å². The Morgan fingerprint density at radius 1 is 1.20 bits per heavy atom. The molecule has 0 unspecified atom stereocenters. The monoisotopic (exact) mass is 337 g/mol. The van der Waals surface area contributed by atoms with E-state index in [9.17, 15) is 4.79 Å². The quantitative estimate of drug-likeness (QED) is 0.692. The Morgan fingerprint density at radius 2 is 1.96 bits per heavy atom. The minimum atomic E-state index is 0.105. The van der Waals surface area contributed by atoms with Gasteiger partial charge in [0.25, 0.3) is 0 Å². The van der Waals surface area contributed by atoms with Gasteiger partial charge in [-0.15, -0.1) is 0 Å². The molecule has 0 spiro atoms. The van der Waals surface area contributed by atoms with Crippen LogP contribution in [0.5, 0.6) is 5.75 Å². The highest BCUT2D eigenvalue weighted by Gasteiger charge is 2.12. The number of ether oxygens (including phenoxy) is 1. The van der Waals surface area contributed by atoms with Crippen molar-refractivity contribution in [2.75, 3.05) is 14.2 Å². The molecule has 0 aliphatic heterocycles. The molecule has 0 N–H and O–H groups in total. The average molecular weight is 337 g/mol. The molecule has 0 aliphatic carbocycles. The molecule has 0 radical (unpaired) electrons. The zero-order valence-electron chi connectivity index (χ0n) is 14.9. The Bertz CT molecular complexity index is 868. The summed E-state index contributed by atoms with van der Waals surface area (Å²) >= 11 is 0. The van der Waals surface area contributed by atoms with Gasteiger partial charge >= 0.3 is 0 Å². The Balaban J connectivity index is 1.61. The third-order valence-electron chi connectivity index (χ3n) is 4.41. The molecule has 0 saturated carbocycles. The average Bonchev–Trinajstić information content (AvgIpc) is 3.05. The number of hydrogen-bond acceptors (Lipinski definition) is 3. The summed E-state index contributed by atoms with van der Waals surface area (Å²) in [4.78, 5) is 14.2. The van der Waals surface area contributed by atoms with Crippen molar-refractivity contribution in [1.82, 2.24) is 14.7 Å². The molecule has 130 valence electrons. The third kappa shape index (κ3) is 3.82. The minimum absolute atomic E-state index is 0.105. The fraction of sp³-hybridized carbons (Fsp3) is 0.300. The second kappa shape index (κ2) is 7.38. The minimum Gasteiger partial charge on any atom is -0.497 e. The Labute approximate surface area is 147 Å². The van der Waals surface area contributed by atoms with Crippen molar-refractivity contribution >= 4 is 16.8 Å². The summed E-state index contributed by atoms with van der Waals surface area (Å²) in [7, 11) is 3.48. The molecular weight excluding hydrogens is 314 g/mol. The lowest BCUT2D eigenvalue weighted by Crippen LogP contribution is -2.27. The van der Waals surface area contributed by atoms with E-state index in [1.54, 1.807) is 12.0 Å². The van der Waals surface area contributed by atoms with Crippen LogP contribution in [0.1, 0.15) is 17.5 Å². The van der Waals surface area contributed by atoms with Crippen LogP contribution in [0.2, 0.25) is 0 Å². The molecule has 0 fully saturated rings. The van der Waals surface area contributed by atoms with Crippen LogP contribution in [0, 0.1) is 6.92 Å². The van der Waals surface area contributed by atoms with E-state index in [0.717, 1.165) is 22.2 Å². The van der Waals surface area contributed by atoms with E-state index < -0.39 is 0 Å². The SMILES string of the molecule is COc1ccc(CN(C)C(=O)CCn2ncc3cccc(C)c32)cc1. The molecule has 0 atom stereocenters. The zero-order chi connectivity index (χ0) is 17.8. The molecule has 0 saturated heterocycles. The number of para-hydroxylation sites is 1. The number of benzene rings is 2. The van der Waals surface area contributed by atoms with Gasteiger partial charge in [-0.05, 0) is 30.2 Å². The van der Waals surface area contributed by atoms with Gasteiger partial charge in [0.2, 0.25) is 5.91 Å². The first-order chi connectivity index (χ1) is 12.1. The number of amides is 1. The largest absolute Gasteiger partial charge is 0.497 e. The van der Waals surface area contributed by atoms with Crippen molar-refractivity contribution in [2.45, 2.75) is 26.4 Å². The van der Waals surface area contributed by atoms with Crippen LogP contribution in [-0.4, -0.2) is 34.7 Å². The zero-order valence-corrected chi connectivity index (χ0v) is 14.9. The number of fused-ring (bicyclic) bond motifs is 1. The fourth-order valence-corrected chi connectivity index (χ4v) is 2.98. The third-order valence-corrected chi connectivity index (χ3v) is 4.41. The van der Waals surface area contributed by atoms with Crippen LogP contribution in [0.15, 0.2) is 48.7 Å². The number of aryl methyl sites for hydroxylation is 2. The smallest absolute Gasteiger partial charge is 0.224 e. The maximum absolute atomic E-state index is 12.4. The molecule has 3 rings (SSSR count). The van der Waals surface area contributed by atoms with Gasteiger partial charge in [-0.3, -0.25) is 9.48 Å². The predicted octanol–water partition coefficient (Wildman–Crippen LogP) is 3.40. The van der Waals surface area contributed by atoms with Gasteiger partial charge < -0.3 is 9.64 Å². The lowest BCUT2D eigenvalue weighted by Gasteiger charge is -2.17. The van der Waals surface area contributed by atoms with Gasteiger partial charge in [-0.2, -0.15) is 5.10 Å². The molecule has 1 aromatic heterocycles. The normalized spacial score (nSPS) is 10.8. The number of hydrogen-bond donors (Lipinski definition) is 0. The molecule has 5 heteroatoms. The van der Waals surface area contributed by atoms with Gasteiger partial charge in [0.05, 0.1) is 25.4 Å². The summed E-state index contributed by atoms with van der Waals surface area (Å²) in [5.74, 6) is 0.923. The highest BCUT2D eigenvalue weighted by Crippen LogP contribution is 2.18. The van der Waals surface area contributed by atoms with Gasteiger partial charge in [-0.25, -0.2) is 0 Å². The highest BCUT2D eigenvalue weighted by molar-refractivity contribution is 5.82. The number of rotatable bonds is 6. The van der Waals surface area contributed by atoms with Crippen molar-refractivity contribution in [3.63, 3.8) is 0 Å². The molecule has 1 amide bonds. The maximum atomic E-state index is 12.4. The first-order valence-electron chi connectivity index (χ1n) is 8.36. The summed E-state index contributed by atoms with van der Waals surface area (Å²) < 4.78 is 7.08. The molecule has 0 aliphatic rings. The van der Waals surface area contributed by atoms with E-state index in [1.807, 2.05) is 54.3 Å². The van der Waals surface area contributed by atoms with Gasteiger partial charge in [0.15, 0.2) is 0 Å². The Hall–Kier alpha value is -2.82. The van der Waals surface area contributed by atoms with Crippen LogP contribution in [0.4, 0.5) is 0 Å². The summed E-state index contributed by atoms with van der Waals surface area (Å²) in [6, 6.07) is 13.9. The van der Waals surface area contributed by atoms with Crippen LogP contribution in [0.3, 0.4) is 0 Å². The summed E-state index contributed by atoms with van der Waals surface area (Å²) in [6.45, 7) is 3.24. The molecule has 0 bridgehead atoms. The Kier molecular flexibility index (Phi) is 5.03. The van der Waals surface area contributed by atoms with Gasteiger partial charge in [0.1, 0.15) is 5.75 Å². The van der Waals surface area contributed by atoms with Crippen molar-refractivity contribution in [1.29, 1.82) is 0 Å². The molecule has 2 aromatic carbocycles. The molecule has 1 heterocycles. The van der Waals surface area contributed by atoms with E-state index in [-0.39, 0.29) is 5.91 Å². The Morgan fingerprint density at radius 3 is 2.68 bits per heavy atom. The van der Waals surface area contributed by atoms with Crippen molar-refractivity contribution < 1.29 is 9.53 Å². The number of carbonyl (C=O) groups is 1. The fourth-order valence-electron chi connectivity index (χ4n) is 2.98. The number of aromatic nitrogens is 2. The molecular formula is C20H23N3O2. The van der Waals surface area contributed by atoms with Crippen molar-refractivity contribution in [2.24, 2.45) is 0 Å². The summed E-state index contributed by atoms with van der Waals surface area (Å²) in [5, 5.41) is 5.53. The summed E-state index contributed by atoms with van der Waals surface area (Å²) in [5.41, 5.74) is 3.36. The van der Waals surface area contributed by atoms with Crippen molar-refractivity contribution in [3.05, 3.63) is 59.8 Å². The van der Waals surface area contributed by atoms with E-state index in [2.05, 4.69) is 18.1 Å². The molecule has 5 nitrogen and oxygen atoms in total. The van der Waals surface area contributed by atoms with E-state index >= 15 is 0 Å². The number of methoxy groups -OCH3 is 1. The van der Waals surface area contributed by atoms with Crippen LogP contribution in [-0.2, 0) is 17.9 Å². The second-order valence-electron chi connectivity index (χ2n) is 6.23. The second-order valence-corrected chi connectivity index (χ2v) is 6.23. The van der Waals surface area contributed by atoms with E-state index in [0.29, 0.717) is 19.5 Å². The predicted molar refractivity (Wildman–Crippen MR) is 98.6 cm³/mol. The lowest BCUT2D eigenvalue weighted by molar-refractivity contribution is -0.130. The summed E-state index contributed by atoms with van der Waals surface area (Å²) in [6.07, 6.45) is 2.28. The topological polar surface area (TPSA) is 47.4 Å². The maximum Gasteiger partial charge on any atom is 0.224 e. The van der Waals surface area contributed by atoms with Crippen LogP contribution < -0.4 is 4.74 Å². The van der Waals surface area contributed by atoms with Crippen molar-refractivity contribution in [3.8, 4) is 5.75 Å². The molecule has 25 heavy (non-hydrogen) atoms. The van der Waals surface area contributed by atoms with Gasteiger partial charge in [-0.1, -0.05) is 30.3 Å². The first kappa shape index (κ1) is 17.0. The van der Waals surface area contributed by atoms with E-state index in [1.165, 1.54) is 5.56 Å². The lowest BCUT2D eigenvalue weighted by atomic mass is 10.1. The number of carbonyl (C=O) groups excluding carboxylic acids is 1. The highest BCUT2D eigenvalue weighted by atomic mass is 16.5. The number of nitrogens with zero attached hydrogens (tertiary/aromatic N) is 3. The standard InChI is InChI=1S/C20H23N3O2/c1-15-5-4-6-17-13-21-23(20(15)17)12-11-19(24)22(2)14-16-7-9-18(25-3)10-8-16/h4-10,13H,11-12,14H2,1-3H3.